The number of carboxylic acids is 1. The quantitative estimate of drug-likeness (QED) is 0.698. The summed E-state index contributed by atoms with van der Waals surface area (Å²) in [7, 11) is 1.77. The van der Waals surface area contributed by atoms with Gasteiger partial charge in [-0.25, -0.2) is 9.59 Å². The van der Waals surface area contributed by atoms with E-state index in [1.807, 2.05) is 12.1 Å². The molecular weight excluding hydrogens is 282 g/mol. The van der Waals surface area contributed by atoms with E-state index in [9.17, 15) is 14.7 Å². The van der Waals surface area contributed by atoms with Crippen molar-refractivity contribution in [3.63, 3.8) is 0 Å². The van der Waals surface area contributed by atoms with Crippen molar-refractivity contribution in [2.75, 3.05) is 0 Å². The average Bonchev–Trinajstić information content (AvgIpc) is 2.68. The second-order valence-electron chi connectivity index (χ2n) is 6.01. The van der Waals surface area contributed by atoms with Crippen LogP contribution in [0.5, 0.6) is 0 Å². The van der Waals surface area contributed by atoms with E-state index >= 15 is 0 Å². The number of esters is 1. The van der Waals surface area contributed by atoms with Crippen molar-refractivity contribution < 1.29 is 19.4 Å². The maximum absolute atomic E-state index is 11.8. The molecule has 0 aliphatic carbocycles. The molecule has 0 aliphatic heterocycles. The number of benzene rings is 1. The highest BCUT2D eigenvalue weighted by molar-refractivity contribution is 6.07. The van der Waals surface area contributed by atoms with Crippen LogP contribution >= 0.6 is 0 Å². The fourth-order valence-electron chi connectivity index (χ4n) is 2.32. The first-order valence-corrected chi connectivity index (χ1v) is 6.92. The number of rotatable bonds is 3. The van der Waals surface area contributed by atoms with Gasteiger partial charge < -0.3 is 14.4 Å². The smallest absolute Gasteiger partial charge is 0.338 e. The zero-order chi connectivity index (χ0) is 16.5. The average molecular weight is 301 g/mol. The van der Waals surface area contributed by atoms with Crippen LogP contribution < -0.4 is 0 Å². The number of aromatic nitrogens is 1. The van der Waals surface area contributed by atoms with E-state index in [-0.39, 0.29) is 5.56 Å². The van der Waals surface area contributed by atoms with Crippen LogP contribution in [0.3, 0.4) is 0 Å². The fourth-order valence-corrected chi connectivity index (χ4v) is 2.32. The second kappa shape index (κ2) is 5.67. The third-order valence-corrected chi connectivity index (χ3v) is 3.15. The van der Waals surface area contributed by atoms with Gasteiger partial charge in [0.05, 0.1) is 11.3 Å². The number of carbonyl (C=O) groups excluding carboxylic acids is 1. The minimum atomic E-state index is -1.03. The lowest BCUT2D eigenvalue weighted by Crippen LogP contribution is -2.22. The molecule has 0 amide bonds. The molecule has 0 bridgehead atoms. The van der Waals surface area contributed by atoms with E-state index in [4.69, 9.17) is 4.74 Å². The van der Waals surface area contributed by atoms with Gasteiger partial charge in [0.25, 0.3) is 0 Å². The van der Waals surface area contributed by atoms with Crippen molar-refractivity contribution >= 4 is 28.9 Å². The minimum absolute atomic E-state index is 0.179. The van der Waals surface area contributed by atoms with Gasteiger partial charge in [0, 0.05) is 24.0 Å². The zero-order valence-corrected chi connectivity index (χ0v) is 13.1. The fraction of sp³-hybridized carbons (Fsp3) is 0.294. The molecule has 22 heavy (non-hydrogen) atoms. The Morgan fingerprint density at radius 3 is 2.45 bits per heavy atom. The molecule has 5 heteroatoms. The van der Waals surface area contributed by atoms with Crippen LogP contribution in [0.25, 0.3) is 17.0 Å². The van der Waals surface area contributed by atoms with Gasteiger partial charge in [-0.05, 0) is 32.9 Å². The number of carbonyl (C=O) groups is 2. The Labute approximate surface area is 128 Å². The van der Waals surface area contributed by atoms with E-state index < -0.39 is 17.5 Å². The van der Waals surface area contributed by atoms with Gasteiger partial charge in [-0.15, -0.1) is 0 Å². The number of aryl methyl sites for hydroxylation is 1. The van der Waals surface area contributed by atoms with Crippen LogP contribution in [0.15, 0.2) is 30.3 Å². The predicted octanol–water partition coefficient (Wildman–Crippen LogP) is 3.23. The normalized spacial score (nSPS) is 12.0. The lowest BCUT2D eigenvalue weighted by molar-refractivity contribution is -0.148. The minimum Gasteiger partial charge on any atom is -0.478 e. The zero-order valence-electron chi connectivity index (χ0n) is 13.1. The standard InChI is InChI=1S/C17H19NO4/c1-17(2,3)22-14(19)10-9-13-15(16(20)21)11-7-5-6-8-12(11)18(13)4/h5-10H,1-4H3,(H,20,21)/b10-9+. The van der Waals surface area contributed by atoms with Crippen LogP contribution in [-0.2, 0) is 16.6 Å². The summed E-state index contributed by atoms with van der Waals surface area (Å²) >= 11 is 0. The molecule has 1 aromatic carbocycles. The van der Waals surface area contributed by atoms with Crippen LogP contribution in [0.1, 0.15) is 36.8 Å². The summed E-state index contributed by atoms with van der Waals surface area (Å²) in [5.41, 5.74) is 0.844. The van der Waals surface area contributed by atoms with E-state index in [1.165, 1.54) is 12.2 Å². The first kappa shape index (κ1) is 15.8. The SMILES string of the molecule is Cn1c(/C=C/C(=O)OC(C)(C)C)c(C(=O)O)c2ccccc21. The van der Waals surface area contributed by atoms with Crippen LogP contribution in [0, 0.1) is 0 Å². The van der Waals surface area contributed by atoms with E-state index in [0.717, 1.165) is 5.52 Å². The van der Waals surface area contributed by atoms with E-state index in [2.05, 4.69) is 0 Å². The maximum atomic E-state index is 11.8. The van der Waals surface area contributed by atoms with Gasteiger partial charge in [-0.1, -0.05) is 18.2 Å². The molecule has 0 atom stereocenters. The Bertz CT molecular complexity index is 763. The summed E-state index contributed by atoms with van der Waals surface area (Å²) < 4.78 is 6.94. The Balaban J connectivity index is 2.47. The number of carboxylic acid groups (broad SMARTS) is 1. The van der Waals surface area contributed by atoms with Gasteiger partial charge in [0.2, 0.25) is 0 Å². The summed E-state index contributed by atoms with van der Waals surface area (Å²) in [5.74, 6) is -1.53. The topological polar surface area (TPSA) is 68.5 Å². The molecule has 0 aliphatic rings. The molecule has 0 radical (unpaired) electrons. The molecule has 0 unspecified atom stereocenters. The van der Waals surface area contributed by atoms with Crippen molar-refractivity contribution in [2.24, 2.45) is 7.05 Å². The Morgan fingerprint density at radius 1 is 1.23 bits per heavy atom. The van der Waals surface area contributed by atoms with Crippen LogP contribution in [0.2, 0.25) is 0 Å². The number of hydrogen-bond donors (Lipinski definition) is 1. The summed E-state index contributed by atoms with van der Waals surface area (Å²) in [5, 5.41) is 10.1. The summed E-state index contributed by atoms with van der Waals surface area (Å²) in [6, 6.07) is 7.22. The molecule has 1 heterocycles. The number of aromatic carboxylic acids is 1. The highest BCUT2D eigenvalue weighted by atomic mass is 16.6. The molecule has 1 N–H and O–H groups in total. The third kappa shape index (κ3) is 3.19. The van der Waals surface area contributed by atoms with Gasteiger partial charge in [-0.2, -0.15) is 0 Å². The second-order valence-corrected chi connectivity index (χ2v) is 6.01. The van der Waals surface area contributed by atoms with Crippen molar-refractivity contribution in [3.05, 3.63) is 41.6 Å². The molecule has 2 aromatic rings. The predicted molar refractivity (Wildman–Crippen MR) is 84.8 cm³/mol. The first-order valence-electron chi connectivity index (χ1n) is 6.92. The largest absolute Gasteiger partial charge is 0.478 e. The first-order chi connectivity index (χ1) is 10.2. The molecule has 1 aromatic heterocycles. The van der Waals surface area contributed by atoms with Gasteiger partial charge in [0.15, 0.2) is 0 Å². The lowest BCUT2D eigenvalue weighted by atomic mass is 10.1. The number of fused-ring (bicyclic) bond motifs is 1. The van der Waals surface area contributed by atoms with Gasteiger partial charge in [0.1, 0.15) is 5.60 Å². The van der Waals surface area contributed by atoms with E-state index in [1.54, 1.807) is 44.5 Å². The van der Waals surface area contributed by atoms with E-state index in [0.29, 0.717) is 11.1 Å². The molecule has 0 saturated carbocycles. The Hall–Kier alpha value is -2.56. The highest BCUT2D eigenvalue weighted by Gasteiger charge is 2.19. The molecule has 0 fully saturated rings. The van der Waals surface area contributed by atoms with Gasteiger partial charge >= 0.3 is 11.9 Å². The molecular formula is C17H19NO4. The monoisotopic (exact) mass is 301 g/mol. The number of hydrogen-bond acceptors (Lipinski definition) is 3. The lowest BCUT2D eigenvalue weighted by Gasteiger charge is -2.17. The molecule has 5 nitrogen and oxygen atoms in total. The van der Waals surface area contributed by atoms with Crippen LogP contribution in [0.4, 0.5) is 0 Å². The molecule has 0 saturated heterocycles. The highest BCUT2D eigenvalue weighted by Crippen LogP contribution is 2.26. The number of para-hydroxylation sites is 1. The van der Waals surface area contributed by atoms with Crippen molar-refractivity contribution in [3.8, 4) is 0 Å². The van der Waals surface area contributed by atoms with Crippen molar-refractivity contribution in [1.82, 2.24) is 4.57 Å². The third-order valence-electron chi connectivity index (χ3n) is 3.15. The number of nitrogens with zero attached hydrogens (tertiary/aromatic N) is 1. The summed E-state index contributed by atoms with van der Waals surface area (Å²) in [6.07, 6.45) is 2.74. The molecule has 116 valence electrons. The molecule has 2 rings (SSSR count). The molecule has 0 spiro atoms. The summed E-state index contributed by atoms with van der Waals surface area (Å²) in [4.78, 5) is 23.3. The summed E-state index contributed by atoms with van der Waals surface area (Å²) in [6.45, 7) is 5.33. The van der Waals surface area contributed by atoms with Crippen molar-refractivity contribution in [2.45, 2.75) is 26.4 Å². The number of ether oxygens (including phenoxy) is 1. The van der Waals surface area contributed by atoms with Crippen molar-refractivity contribution in [1.29, 1.82) is 0 Å². The van der Waals surface area contributed by atoms with Crippen LogP contribution in [-0.4, -0.2) is 27.2 Å². The Kier molecular flexibility index (Phi) is 4.08. The Morgan fingerprint density at radius 2 is 1.86 bits per heavy atom. The maximum Gasteiger partial charge on any atom is 0.338 e. The van der Waals surface area contributed by atoms with Gasteiger partial charge in [-0.3, -0.25) is 0 Å².